The van der Waals surface area contributed by atoms with E-state index in [1.54, 1.807) is 0 Å². The maximum Gasteiger partial charge on any atom is 0.321 e. The third-order valence-electron chi connectivity index (χ3n) is 3.27. The van der Waals surface area contributed by atoms with Gasteiger partial charge in [0.2, 0.25) is 5.82 Å². The number of nitrogens with zero attached hydrogens (tertiary/aromatic N) is 3. The molecule has 6 nitrogen and oxygen atoms in total. The highest BCUT2D eigenvalue weighted by Crippen LogP contribution is 2.16. The van der Waals surface area contributed by atoms with Gasteiger partial charge in [-0.1, -0.05) is 35.5 Å². The van der Waals surface area contributed by atoms with E-state index in [4.69, 9.17) is 9.26 Å². The van der Waals surface area contributed by atoms with Crippen molar-refractivity contribution < 1.29 is 9.26 Å². The first kappa shape index (κ1) is 13.1. The molecule has 1 fully saturated rings. The monoisotopic (exact) mass is 274 g/mol. The highest BCUT2D eigenvalue weighted by atomic mass is 16.5. The molecule has 0 radical (unpaired) electrons. The van der Waals surface area contributed by atoms with E-state index < -0.39 is 0 Å². The number of aromatic nitrogens is 2. The molecule has 1 aromatic heterocycles. The quantitative estimate of drug-likeness (QED) is 0.891. The molecular formula is C14H18N4O2. The molecule has 1 N–H and O–H groups in total. The summed E-state index contributed by atoms with van der Waals surface area (Å²) < 4.78 is 10.5. The Labute approximate surface area is 117 Å². The first-order chi connectivity index (χ1) is 9.92. The van der Waals surface area contributed by atoms with Crippen LogP contribution in [0.4, 0.5) is 6.01 Å². The second-order valence-corrected chi connectivity index (χ2v) is 4.67. The van der Waals surface area contributed by atoms with Gasteiger partial charge in [-0.15, -0.1) is 0 Å². The minimum atomic E-state index is 0.470. The summed E-state index contributed by atoms with van der Waals surface area (Å²) in [6.45, 7) is 5.35. The number of morpholine rings is 1. The van der Waals surface area contributed by atoms with Crippen LogP contribution in [0.3, 0.4) is 0 Å². The molecule has 1 aromatic carbocycles. The van der Waals surface area contributed by atoms with E-state index in [9.17, 15) is 0 Å². The average molecular weight is 274 g/mol. The van der Waals surface area contributed by atoms with Crippen LogP contribution in [-0.4, -0.2) is 54.4 Å². The number of ether oxygens (including phenoxy) is 1. The van der Waals surface area contributed by atoms with Gasteiger partial charge in [0.25, 0.3) is 0 Å². The minimum absolute atomic E-state index is 0.470. The van der Waals surface area contributed by atoms with Gasteiger partial charge in [0.1, 0.15) is 0 Å². The molecule has 20 heavy (non-hydrogen) atoms. The molecule has 0 aliphatic carbocycles. The summed E-state index contributed by atoms with van der Waals surface area (Å²) in [5.41, 5.74) is 0.956. The van der Waals surface area contributed by atoms with Crippen LogP contribution < -0.4 is 5.32 Å². The van der Waals surface area contributed by atoms with Crippen molar-refractivity contribution in [1.29, 1.82) is 0 Å². The van der Waals surface area contributed by atoms with Crippen LogP contribution in [0.25, 0.3) is 11.4 Å². The van der Waals surface area contributed by atoms with Crippen molar-refractivity contribution in [2.24, 2.45) is 0 Å². The van der Waals surface area contributed by atoms with Gasteiger partial charge in [-0.3, -0.25) is 4.90 Å². The van der Waals surface area contributed by atoms with Crippen LogP contribution in [0, 0.1) is 0 Å². The van der Waals surface area contributed by atoms with Gasteiger partial charge in [0.15, 0.2) is 0 Å². The topological polar surface area (TPSA) is 63.4 Å². The number of benzene rings is 1. The fourth-order valence-corrected chi connectivity index (χ4v) is 2.15. The normalized spacial score (nSPS) is 16.2. The molecule has 6 heteroatoms. The maximum atomic E-state index is 5.31. The van der Waals surface area contributed by atoms with Crippen molar-refractivity contribution in [1.82, 2.24) is 15.0 Å². The summed E-state index contributed by atoms with van der Waals surface area (Å²) in [6.07, 6.45) is 0. The second kappa shape index (κ2) is 6.49. The fraction of sp³-hybridized carbons (Fsp3) is 0.429. The molecule has 3 rings (SSSR count). The Balaban J connectivity index is 1.50. The van der Waals surface area contributed by atoms with Crippen molar-refractivity contribution in [3.8, 4) is 11.4 Å². The zero-order valence-corrected chi connectivity index (χ0v) is 11.3. The summed E-state index contributed by atoms with van der Waals surface area (Å²) in [5, 5.41) is 7.13. The van der Waals surface area contributed by atoms with E-state index in [-0.39, 0.29) is 0 Å². The number of nitrogens with one attached hydrogen (secondary N) is 1. The van der Waals surface area contributed by atoms with Crippen LogP contribution in [0.15, 0.2) is 34.9 Å². The van der Waals surface area contributed by atoms with Gasteiger partial charge in [-0.25, -0.2) is 0 Å². The predicted molar refractivity (Wildman–Crippen MR) is 75.5 cm³/mol. The van der Waals surface area contributed by atoms with Gasteiger partial charge in [0.05, 0.1) is 13.2 Å². The first-order valence-electron chi connectivity index (χ1n) is 6.85. The molecule has 0 spiro atoms. The van der Waals surface area contributed by atoms with E-state index in [1.807, 2.05) is 30.3 Å². The number of anilines is 1. The smallest absolute Gasteiger partial charge is 0.321 e. The predicted octanol–water partition coefficient (Wildman–Crippen LogP) is 1.48. The molecule has 0 atom stereocenters. The van der Waals surface area contributed by atoms with Crippen molar-refractivity contribution in [3.05, 3.63) is 30.3 Å². The number of hydrogen-bond acceptors (Lipinski definition) is 6. The molecule has 1 saturated heterocycles. The molecule has 0 saturated carbocycles. The Bertz CT molecular complexity index is 523. The maximum absolute atomic E-state index is 5.31. The zero-order valence-electron chi connectivity index (χ0n) is 11.3. The summed E-state index contributed by atoms with van der Waals surface area (Å²) in [5.74, 6) is 0.611. The van der Waals surface area contributed by atoms with Crippen molar-refractivity contribution in [3.63, 3.8) is 0 Å². The van der Waals surface area contributed by atoms with Crippen molar-refractivity contribution >= 4 is 6.01 Å². The molecule has 1 aliphatic rings. The Morgan fingerprint density at radius 1 is 1.15 bits per heavy atom. The van der Waals surface area contributed by atoms with Crippen LogP contribution >= 0.6 is 0 Å². The molecule has 0 unspecified atom stereocenters. The van der Waals surface area contributed by atoms with E-state index in [1.165, 1.54) is 0 Å². The van der Waals surface area contributed by atoms with E-state index in [0.717, 1.165) is 45.0 Å². The Kier molecular flexibility index (Phi) is 4.25. The second-order valence-electron chi connectivity index (χ2n) is 4.67. The fourth-order valence-electron chi connectivity index (χ4n) is 2.15. The van der Waals surface area contributed by atoms with Crippen LogP contribution in [0.1, 0.15) is 0 Å². The van der Waals surface area contributed by atoms with Crippen LogP contribution in [-0.2, 0) is 4.74 Å². The van der Waals surface area contributed by atoms with Crippen molar-refractivity contribution in [2.75, 3.05) is 44.7 Å². The van der Waals surface area contributed by atoms with Crippen LogP contribution in [0.5, 0.6) is 0 Å². The van der Waals surface area contributed by atoms with E-state index in [0.29, 0.717) is 11.8 Å². The lowest BCUT2D eigenvalue weighted by Crippen LogP contribution is -2.39. The van der Waals surface area contributed by atoms with Gasteiger partial charge in [-0.05, 0) is 0 Å². The highest BCUT2D eigenvalue weighted by molar-refractivity contribution is 5.54. The Hall–Kier alpha value is -1.92. The highest BCUT2D eigenvalue weighted by Gasteiger charge is 2.11. The van der Waals surface area contributed by atoms with Gasteiger partial charge >= 0.3 is 6.01 Å². The SMILES string of the molecule is c1ccc(-c2noc(NCCN3CCOCC3)n2)cc1. The lowest BCUT2D eigenvalue weighted by molar-refractivity contribution is 0.0398. The average Bonchev–Trinajstić information content (AvgIpc) is 2.98. The first-order valence-corrected chi connectivity index (χ1v) is 6.85. The zero-order chi connectivity index (χ0) is 13.6. The van der Waals surface area contributed by atoms with Gasteiger partial charge < -0.3 is 14.6 Å². The molecule has 106 valence electrons. The lowest BCUT2D eigenvalue weighted by atomic mass is 10.2. The Morgan fingerprint density at radius 2 is 1.95 bits per heavy atom. The molecule has 2 aromatic rings. The number of rotatable bonds is 5. The summed E-state index contributed by atoms with van der Waals surface area (Å²) in [7, 11) is 0. The van der Waals surface area contributed by atoms with Gasteiger partial charge in [0, 0.05) is 31.7 Å². The standard InChI is InChI=1S/C14H18N4O2/c1-2-4-12(5-3-1)13-16-14(20-17-13)15-6-7-18-8-10-19-11-9-18/h1-5H,6-11H2,(H,15,16,17). The Morgan fingerprint density at radius 3 is 2.75 bits per heavy atom. The molecule has 1 aliphatic heterocycles. The summed E-state index contributed by atoms with van der Waals surface area (Å²) in [4.78, 5) is 6.68. The van der Waals surface area contributed by atoms with E-state index in [2.05, 4.69) is 20.4 Å². The van der Waals surface area contributed by atoms with Gasteiger partial charge in [-0.2, -0.15) is 4.98 Å². The largest absolute Gasteiger partial charge is 0.379 e. The van der Waals surface area contributed by atoms with Crippen LogP contribution in [0.2, 0.25) is 0 Å². The summed E-state index contributed by atoms with van der Waals surface area (Å²) >= 11 is 0. The minimum Gasteiger partial charge on any atom is -0.379 e. The third kappa shape index (κ3) is 3.34. The third-order valence-corrected chi connectivity index (χ3v) is 3.27. The van der Waals surface area contributed by atoms with Crippen molar-refractivity contribution in [2.45, 2.75) is 0 Å². The number of hydrogen-bond donors (Lipinski definition) is 1. The molecule has 0 amide bonds. The molecular weight excluding hydrogens is 256 g/mol. The molecule has 2 heterocycles. The summed E-state index contributed by atoms with van der Waals surface area (Å²) in [6, 6.07) is 10.3. The lowest BCUT2D eigenvalue weighted by Gasteiger charge is -2.26. The molecule has 0 bridgehead atoms. The van der Waals surface area contributed by atoms with E-state index >= 15 is 0 Å².